The van der Waals surface area contributed by atoms with Gasteiger partial charge in [0.05, 0.1) is 18.9 Å². The Bertz CT molecular complexity index is 2040. The average molecular weight is 622 g/mol. The lowest BCUT2D eigenvalue weighted by Gasteiger charge is -2.25. The molecule has 0 saturated carbocycles. The lowest BCUT2D eigenvalue weighted by Crippen LogP contribution is -2.29. The van der Waals surface area contributed by atoms with Crippen LogP contribution in [0.4, 0.5) is 28.4 Å². The van der Waals surface area contributed by atoms with E-state index < -0.39 is 5.91 Å². The minimum Gasteiger partial charge on any atom is -0.494 e. The number of hydrogen-bond acceptors (Lipinski definition) is 9. The highest BCUT2D eigenvalue weighted by Crippen LogP contribution is 2.47. The molecule has 12 nitrogen and oxygen atoms in total. The van der Waals surface area contributed by atoms with Crippen LogP contribution >= 0.6 is 0 Å². The molecule has 3 amide bonds. The fourth-order valence-corrected chi connectivity index (χ4v) is 5.14. The van der Waals surface area contributed by atoms with Crippen molar-refractivity contribution in [2.75, 3.05) is 29.2 Å². The second-order valence-corrected chi connectivity index (χ2v) is 10.5. The molecule has 46 heavy (non-hydrogen) atoms. The normalized spacial score (nSPS) is 11.8. The first-order chi connectivity index (χ1) is 22.2. The number of fused-ring (bicyclic) bond motifs is 4. The van der Waals surface area contributed by atoms with E-state index in [2.05, 4.69) is 16.0 Å². The van der Waals surface area contributed by atoms with Gasteiger partial charge in [0.1, 0.15) is 45.0 Å². The lowest BCUT2D eigenvalue weighted by molar-refractivity contribution is -0.115. The van der Waals surface area contributed by atoms with Gasteiger partial charge in [0.15, 0.2) is 23.0 Å². The van der Waals surface area contributed by atoms with Gasteiger partial charge < -0.3 is 34.9 Å². The van der Waals surface area contributed by atoms with Crippen molar-refractivity contribution in [3.63, 3.8) is 0 Å². The molecule has 0 atom stereocenters. The molecule has 12 heteroatoms. The van der Waals surface area contributed by atoms with Crippen LogP contribution < -0.4 is 45.6 Å². The topological polar surface area (TPSA) is 149 Å². The quantitative estimate of drug-likeness (QED) is 0.175. The Morgan fingerprint density at radius 3 is 1.78 bits per heavy atom. The number of nitrogens with one attached hydrogen (secondary N) is 3. The van der Waals surface area contributed by atoms with Crippen LogP contribution in [0, 0.1) is 6.92 Å². The first-order valence-corrected chi connectivity index (χ1v) is 14.7. The van der Waals surface area contributed by atoms with Crippen LogP contribution in [-0.4, -0.2) is 30.9 Å². The Hall–Kier alpha value is -5.91. The minimum absolute atomic E-state index is 0.127. The SMILES string of the molecule is CCOc1cc2c(cc1C)Oc1c(NC(C)=O)c3c(c(NC(C)=O)c1=N2)Oc1cc(NC(=O)c2ccccc2)c(OCC)cc1N=3. The molecule has 4 aromatic rings. The average Bonchev–Trinajstić information content (AvgIpc) is 3.02. The number of anilines is 3. The van der Waals surface area contributed by atoms with Gasteiger partial charge in [-0.1, -0.05) is 18.2 Å². The molecule has 2 aliphatic heterocycles. The van der Waals surface area contributed by atoms with Crippen molar-refractivity contribution in [1.82, 2.24) is 0 Å². The maximum absolute atomic E-state index is 13.1. The van der Waals surface area contributed by atoms with Gasteiger partial charge in [0.25, 0.3) is 5.91 Å². The van der Waals surface area contributed by atoms with Crippen LogP contribution in [0.2, 0.25) is 0 Å². The zero-order valence-electron chi connectivity index (χ0n) is 25.9. The molecule has 2 aliphatic rings. The van der Waals surface area contributed by atoms with Crippen LogP contribution in [0.1, 0.15) is 43.6 Å². The van der Waals surface area contributed by atoms with E-state index in [1.807, 2.05) is 26.8 Å². The number of benzene rings is 4. The molecule has 0 bridgehead atoms. The second-order valence-electron chi connectivity index (χ2n) is 10.5. The summed E-state index contributed by atoms with van der Waals surface area (Å²) in [5.74, 6) is 0.888. The standard InChI is InChI=1S/C34H31N5O7/c1-6-43-24-14-22-26(13-17(24)3)45-32-28(35-18(4)40)31-33(29(30(32)37-22)36-19(5)41)46-27-16-21(25(44-7-2)15-23(27)38-31)39-34(42)20-11-9-8-10-12-20/h8-16H,6-7H2,1-5H3,(H,35,40)(H,36,41)(H,39,42). The van der Waals surface area contributed by atoms with Crippen molar-refractivity contribution in [2.24, 2.45) is 9.98 Å². The first-order valence-electron chi connectivity index (χ1n) is 14.7. The zero-order chi connectivity index (χ0) is 32.5. The van der Waals surface area contributed by atoms with Crippen LogP contribution in [0.25, 0.3) is 0 Å². The summed E-state index contributed by atoms with van der Waals surface area (Å²) >= 11 is 0. The molecule has 6 rings (SSSR count). The van der Waals surface area contributed by atoms with Crippen LogP contribution in [0.15, 0.2) is 64.6 Å². The maximum atomic E-state index is 13.1. The summed E-state index contributed by atoms with van der Waals surface area (Å²) in [5.41, 5.74) is 2.87. The summed E-state index contributed by atoms with van der Waals surface area (Å²) in [6.07, 6.45) is 0. The summed E-state index contributed by atoms with van der Waals surface area (Å²) in [6.45, 7) is 9.10. The fourth-order valence-electron chi connectivity index (χ4n) is 5.14. The van der Waals surface area contributed by atoms with Crippen molar-refractivity contribution in [1.29, 1.82) is 0 Å². The number of aryl methyl sites for hydroxylation is 1. The third kappa shape index (κ3) is 5.68. The highest BCUT2D eigenvalue weighted by atomic mass is 16.5. The molecule has 2 heterocycles. The first kappa shape index (κ1) is 30.1. The van der Waals surface area contributed by atoms with Gasteiger partial charge in [0, 0.05) is 37.6 Å². The summed E-state index contributed by atoms with van der Waals surface area (Å²) in [7, 11) is 0. The molecule has 0 unspecified atom stereocenters. The van der Waals surface area contributed by atoms with Crippen molar-refractivity contribution in [3.8, 4) is 34.5 Å². The minimum atomic E-state index is -0.395. The van der Waals surface area contributed by atoms with E-state index in [0.29, 0.717) is 53.1 Å². The van der Waals surface area contributed by atoms with Crippen molar-refractivity contribution in [2.45, 2.75) is 34.6 Å². The van der Waals surface area contributed by atoms with Crippen LogP contribution in [0.3, 0.4) is 0 Å². The van der Waals surface area contributed by atoms with Crippen molar-refractivity contribution >= 4 is 46.2 Å². The van der Waals surface area contributed by atoms with Crippen molar-refractivity contribution < 1.29 is 33.3 Å². The third-order valence-electron chi connectivity index (χ3n) is 7.05. The molecule has 4 aromatic carbocycles. The Balaban J connectivity index is 1.57. The van der Waals surface area contributed by atoms with E-state index >= 15 is 0 Å². The van der Waals surface area contributed by atoms with E-state index in [1.165, 1.54) is 13.8 Å². The number of rotatable bonds is 8. The van der Waals surface area contributed by atoms with Crippen LogP contribution in [-0.2, 0) is 9.59 Å². The molecule has 0 aromatic heterocycles. The summed E-state index contributed by atoms with van der Waals surface area (Å²) in [5, 5.41) is 8.95. The highest BCUT2D eigenvalue weighted by Gasteiger charge is 2.31. The van der Waals surface area contributed by atoms with E-state index in [4.69, 9.17) is 28.9 Å². The van der Waals surface area contributed by atoms with Gasteiger partial charge in [-0.15, -0.1) is 0 Å². The number of ether oxygens (including phenoxy) is 4. The number of hydrogen-bond donors (Lipinski definition) is 3. The molecule has 0 saturated heterocycles. The van der Waals surface area contributed by atoms with Gasteiger partial charge >= 0.3 is 0 Å². The number of amides is 3. The maximum Gasteiger partial charge on any atom is 0.255 e. The zero-order valence-corrected chi connectivity index (χ0v) is 25.9. The number of carbonyl (C=O) groups is 3. The molecule has 0 fully saturated rings. The number of carbonyl (C=O) groups excluding carboxylic acids is 3. The Morgan fingerprint density at radius 1 is 0.717 bits per heavy atom. The number of nitrogens with zero attached hydrogens (tertiary/aromatic N) is 2. The van der Waals surface area contributed by atoms with Crippen molar-refractivity contribution in [3.05, 3.63) is 76.4 Å². The van der Waals surface area contributed by atoms with Gasteiger partial charge in [-0.3, -0.25) is 14.4 Å². The predicted octanol–water partition coefficient (Wildman–Crippen LogP) is 6.08. The van der Waals surface area contributed by atoms with Gasteiger partial charge in [-0.25, -0.2) is 9.98 Å². The second kappa shape index (κ2) is 12.2. The molecular formula is C34H31N5O7. The summed E-state index contributed by atoms with van der Waals surface area (Å²) in [4.78, 5) is 47.7. The van der Waals surface area contributed by atoms with Crippen LogP contribution in [0.5, 0.6) is 34.5 Å². The third-order valence-corrected chi connectivity index (χ3v) is 7.05. The Morgan fingerprint density at radius 2 is 1.24 bits per heavy atom. The highest BCUT2D eigenvalue weighted by molar-refractivity contribution is 6.05. The molecule has 234 valence electrons. The van der Waals surface area contributed by atoms with E-state index in [1.54, 1.807) is 48.5 Å². The van der Waals surface area contributed by atoms with Gasteiger partial charge in [-0.2, -0.15) is 0 Å². The lowest BCUT2D eigenvalue weighted by atomic mass is 10.1. The smallest absolute Gasteiger partial charge is 0.255 e. The molecule has 0 spiro atoms. The molecule has 0 radical (unpaired) electrons. The fraction of sp³-hybridized carbons (Fsp3) is 0.206. The van der Waals surface area contributed by atoms with Gasteiger partial charge in [0.2, 0.25) is 11.8 Å². The summed E-state index contributed by atoms with van der Waals surface area (Å²) < 4.78 is 24.4. The Kier molecular flexibility index (Phi) is 8.01. The Labute approximate surface area is 264 Å². The van der Waals surface area contributed by atoms with Gasteiger partial charge in [-0.05, 0) is 44.5 Å². The van der Waals surface area contributed by atoms with E-state index in [-0.39, 0.29) is 51.2 Å². The monoisotopic (exact) mass is 621 g/mol. The van der Waals surface area contributed by atoms with E-state index in [9.17, 15) is 14.4 Å². The molecule has 0 aliphatic carbocycles. The summed E-state index contributed by atoms with van der Waals surface area (Å²) in [6, 6.07) is 15.5. The molecular weight excluding hydrogens is 590 g/mol. The molecule has 3 N–H and O–H groups in total. The largest absolute Gasteiger partial charge is 0.494 e. The predicted molar refractivity (Wildman–Crippen MR) is 171 cm³/mol. The van der Waals surface area contributed by atoms with E-state index in [0.717, 1.165) is 5.56 Å².